The monoisotopic (exact) mass is 262 g/mol. The summed E-state index contributed by atoms with van der Waals surface area (Å²) >= 11 is 0. The molecule has 0 spiro atoms. The molecule has 19 heavy (non-hydrogen) atoms. The molecule has 0 radical (unpaired) electrons. The molecule has 2 aromatic rings. The zero-order valence-corrected chi connectivity index (χ0v) is 10.3. The molecule has 0 bridgehead atoms. The molecule has 0 aliphatic rings. The maximum absolute atomic E-state index is 11.3. The van der Waals surface area contributed by atoms with Crippen LogP contribution >= 0.6 is 0 Å². The number of benzene rings is 1. The molecule has 100 valence electrons. The lowest BCUT2D eigenvalue weighted by Gasteiger charge is -2.09. The Kier molecular flexibility index (Phi) is 3.67. The van der Waals surface area contributed by atoms with Crippen LogP contribution in [0.5, 0.6) is 17.4 Å². The summed E-state index contributed by atoms with van der Waals surface area (Å²) in [7, 11) is 1.54. The van der Waals surface area contributed by atoms with Crippen molar-refractivity contribution in [2.45, 2.75) is 6.54 Å². The van der Waals surface area contributed by atoms with E-state index in [1.165, 1.54) is 6.33 Å². The summed E-state index contributed by atoms with van der Waals surface area (Å²) in [5.41, 5.74) is 11.5. The van der Waals surface area contributed by atoms with Gasteiger partial charge in [-0.3, -0.25) is 4.79 Å². The van der Waals surface area contributed by atoms with Crippen LogP contribution in [0.2, 0.25) is 0 Å². The summed E-state index contributed by atoms with van der Waals surface area (Å²) in [5.74, 6) is 1.09. The van der Waals surface area contributed by atoms with Gasteiger partial charge in [0.05, 0.1) is 13.4 Å². The molecule has 0 atom stereocenters. The smallest absolute Gasteiger partial charge is 0.277 e. The van der Waals surface area contributed by atoms with Crippen molar-refractivity contribution in [3.05, 3.63) is 40.4 Å². The van der Waals surface area contributed by atoms with Gasteiger partial charge in [-0.15, -0.1) is 0 Å². The van der Waals surface area contributed by atoms with E-state index in [9.17, 15) is 4.79 Å². The van der Waals surface area contributed by atoms with Crippen LogP contribution in [0.25, 0.3) is 0 Å². The average Bonchev–Trinajstić information content (AvgIpc) is 2.43. The van der Waals surface area contributed by atoms with Crippen molar-refractivity contribution in [1.29, 1.82) is 0 Å². The lowest BCUT2D eigenvalue weighted by molar-refractivity contribution is 0.406. The number of H-pyrrole nitrogens is 1. The minimum Gasteiger partial charge on any atom is -0.497 e. The lowest BCUT2D eigenvalue weighted by Crippen LogP contribution is -2.13. The average molecular weight is 262 g/mol. The highest BCUT2D eigenvalue weighted by Gasteiger charge is 2.09. The summed E-state index contributed by atoms with van der Waals surface area (Å²) < 4.78 is 10.6. The number of aromatic amines is 1. The van der Waals surface area contributed by atoms with E-state index in [1.54, 1.807) is 25.3 Å². The Morgan fingerprint density at radius 1 is 1.32 bits per heavy atom. The number of ether oxygens (including phenoxy) is 2. The number of nitrogens with one attached hydrogen (secondary N) is 1. The molecule has 0 saturated carbocycles. The van der Waals surface area contributed by atoms with Crippen molar-refractivity contribution in [1.82, 2.24) is 9.97 Å². The quantitative estimate of drug-likeness (QED) is 0.743. The van der Waals surface area contributed by atoms with Crippen molar-refractivity contribution < 1.29 is 9.47 Å². The number of hydrogen-bond acceptors (Lipinski definition) is 6. The van der Waals surface area contributed by atoms with Crippen LogP contribution in [-0.2, 0) is 6.54 Å². The SMILES string of the molecule is COc1cc(CN)cc(Oc2nc[nH]c(=O)c2N)c1. The van der Waals surface area contributed by atoms with Crippen molar-refractivity contribution in [3.8, 4) is 17.4 Å². The number of hydrogen-bond donors (Lipinski definition) is 3. The van der Waals surface area contributed by atoms with Gasteiger partial charge >= 0.3 is 0 Å². The number of nitrogens with two attached hydrogens (primary N) is 2. The van der Waals surface area contributed by atoms with E-state index in [1.807, 2.05) is 0 Å². The minimum atomic E-state index is -0.452. The third kappa shape index (κ3) is 2.83. The van der Waals surface area contributed by atoms with Gasteiger partial charge in [0, 0.05) is 12.6 Å². The molecule has 1 heterocycles. The van der Waals surface area contributed by atoms with Gasteiger partial charge in [0.15, 0.2) is 5.69 Å². The van der Waals surface area contributed by atoms with E-state index in [-0.39, 0.29) is 11.6 Å². The summed E-state index contributed by atoms with van der Waals surface area (Å²) in [6.45, 7) is 0.339. The highest BCUT2D eigenvalue weighted by Crippen LogP contribution is 2.27. The van der Waals surface area contributed by atoms with Gasteiger partial charge in [0.2, 0.25) is 5.88 Å². The van der Waals surface area contributed by atoms with Crippen molar-refractivity contribution in [3.63, 3.8) is 0 Å². The topological polar surface area (TPSA) is 116 Å². The zero-order chi connectivity index (χ0) is 13.8. The number of aromatic nitrogens is 2. The summed E-state index contributed by atoms with van der Waals surface area (Å²) in [6.07, 6.45) is 1.22. The number of rotatable bonds is 4. The second kappa shape index (κ2) is 5.40. The molecule has 0 fully saturated rings. The number of methoxy groups -OCH3 is 1. The molecule has 0 saturated heterocycles. The number of nitrogen functional groups attached to an aromatic ring is 1. The maximum atomic E-state index is 11.3. The molecule has 0 amide bonds. The van der Waals surface area contributed by atoms with Crippen LogP contribution < -0.4 is 26.5 Å². The molecular formula is C12H14N4O3. The van der Waals surface area contributed by atoms with Gasteiger partial charge < -0.3 is 25.9 Å². The van der Waals surface area contributed by atoms with Gasteiger partial charge in [0.1, 0.15) is 11.5 Å². The number of anilines is 1. The minimum absolute atomic E-state index is 0.0416. The van der Waals surface area contributed by atoms with E-state index < -0.39 is 5.56 Å². The Morgan fingerprint density at radius 3 is 2.74 bits per heavy atom. The molecular weight excluding hydrogens is 248 g/mol. The second-order valence-electron chi connectivity index (χ2n) is 3.77. The summed E-state index contributed by atoms with van der Waals surface area (Å²) in [4.78, 5) is 17.6. The third-order valence-corrected chi connectivity index (χ3v) is 2.48. The van der Waals surface area contributed by atoms with Crippen LogP contribution in [0, 0.1) is 0 Å². The van der Waals surface area contributed by atoms with Crippen LogP contribution in [0.1, 0.15) is 5.56 Å². The van der Waals surface area contributed by atoms with Crippen molar-refractivity contribution in [2.75, 3.05) is 12.8 Å². The van der Waals surface area contributed by atoms with E-state index in [0.29, 0.717) is 18.0 Å². The fourth-order valence-corrected chi connectivity index (χ4v) is 1.51. The van der Waals surface area contributed by atoms with E-state index in [0.717, 1.165) is 5.56 Å². The Hall–Kier alpha value is -2.54. The summed E-state index contributed by atoms with van der Waals surface area (Å²) in [6, 6.07) is 5.17. The number of nitrogens with zero attached hydrogens (tertiary/aromatic N) is 1. The molecule has 0 aliphatic heterocycles. The molecule has 0 unspecified atom stereocenters. The standard InChI is InChI=1S/C12H14N4O3/c1-18-8-2-7(5-13)3-9(4-8)19-12-10(14)11(17)15-6-16-12/h2-4,6H,5,13-14H2,1H3,(H,15,16,17). The van der Waals surface area contributed by atoms with Gasteiger partial charge in [-0.2, -0.15) is 0 Å². The molecule has 1 aromatic heterocycles. The van der Waals surface area contributed by atoms with Crippen LogP contribution in [0.15, 0.2) is 29.3 Å². The Labute approximate surface area is 109 Å². The summed E-state index contributed by atoms with van der Waals surface area (Å²) in [5, 5.41) is 0. The van der Waals surface area contributed by atoms with Crippen LogP contribution in [-0.4, -0.2) is 17.1 Å². The zero-order valence-electron chi connectivity index (χ0n) is 10.3. The Balaban J connectivity index is 2.37. The first kappa shape index (κ1) is 12.9. The molecule has 1 aromatic carbocycles. The van der Waals surface area contributed by atoms with Crippen LogP contribution in [0.3, 0.4) is 0 Å². The Morgan fingerprint density at radius 2 is 2.05 bits per heavy atom. The first-order chi connectivity index (χ1) is 9.13. The molecule has 2 rings (SSSR count). The highest BCUT2D eigenvalue weighted by atomic mass is 16.5. The second-order valence-corrected chi connectivity index (χ2v) is 3.77. The molecule has 7 heteroatoms. The van der Waals surface area contributed by atoms with Crippen molar-refractivity contribution >= 4 is 5.69 Å². The van der Waals surface area contributed by atoms with E-state index in [2.05, 4.69) is 9.97 Å². The predicted octanol–water partition coefficient (Wildman–Crippen LogP) is 0.612. The molecule has 0 aliphatic carbocycles. The van der Waals surface area contributed by atoms with Gasteiger partial charge in [-0.1, -0.05) is 0 Å². The predicted molar refractivity (Wildman–Crippen MR) is 70.2 cm³/mol. The highest BCUT2D eigenvalue weighted by molar-refractivity contribution is 5.48. The first-order valence-corrected chi connectivity index (χ1v) is 5.53. The largest absolute Gasteiger partial charge is 0.497 e. The van der Waals surface area contributed by atoms with Crippen LogP contribution in [0.4, 0.5) is 5.69 Å². The first-order valence-electron chi connectivity index (χ1n) is 5.53. The molecule has 5 N–H and O–H groups in total. The fourth-order valence-electron chi connectivity index (χ4n) is 1.51. The van der Waals surface area contributed by atoms with Gasteiger partial charge in [-0.05, 0) is 17.7 Å². The Bertz CT molecular complexity index is 617. The third-order valence-electron chi connectivity index (χ3n) is 2.48. The lowest BCUT2D eigenvalue weighted by atomic mass is 10.2. The van der Waals surface area contributed by atoms with Gasteiger partial charge in [-0.25, -0.2) is 4.98 Å². The fraction of sp³-hybridized carbons (Fsp3) is 0.167. The van der Waals surface area contributed by atoms with E-state index in [4.69, 9.17) is 20.9 Å². The maximum Gasteiger partial charge on any atom is 0.277 e. The molecule has 7 nitrogen and oxygen atoms in total. The normalized spacial score (nSPS) is 10.2. The van der Waals surface area contributed by atoms with Crippen molar-refractivity contribution in [2.24, 2.45) is 5.73 Å². The van der Waals surface area contributed by atoms with E-state index >= 15 is 0 Å². The van der Waals surface area contributed by atoms with Gasteiger partial charge in [0.25, 0.3) is 5.56 Å².